The van der Waals surface area contributed by atoms with Gasteiger partial charge in [-0.15, -0.1) is 0 Å². The molecule has 1 aliphatic carbocycles. The molecular formula is C13H22N2. The molecule has 15 heavy (non-hydrogen) atoms. The average Bonchev–Trinajstić information content (AvgIpc) is 2.11. The first-order valence-corrected chi connectivity index (χ1v) is 6.25. The van der Waals surface area contributed by atoms with Gasteiger partial charge in [-0.25, -0.2) is 0 Å². The first kappa shape index (κ1) is 9.86. The fraction of sp³-hybridized carbons (Fsp3) is 0.846. The van der Waals surface area contributed by atoms with Gasteiger partial charge in [0.05, 0.1) is 0 Å². The van der Waals surface area contributed by atoms with E-state index in [4.69, 9.17) is 0 Å². The number of hydrogen-bond acceptors (Lipinski definition) is 2. The molecule has 0 aromatic heterocycles. The van der Waals surface area contributed by atoms with Gasteiger partial charge >= 0.3 is 0 Å². The van der Waals surface area contributed by atoms with Gasteiger partial charge in [-0.1, -0.05) is 11.6 Å². The summed E-state index contributed by atoms with van der Waals surface area (Å²) < 4.78 is 0. The summed E-state index contributed by atoms with van der Waals surface area (Å²) in [5.41, 5.74) is 2.33. The topological polar surface area (TPSA) is 6.48 Å². The summed E-state index contributed by atoms with van der Waals surface area (Å²) in [5, 5.41) is 0. The Morgan fingerprint density at radius 2 is 2.07 bits per heavy atom. The maximum atomic E-state index is 2.69. The number of likely N-dealkylation sites (tertiary alicyclic amines) is 1. The summed E-state index contributed by atoms with van der Waals surface area (Å²) in [5.74, 6) is 0. The van der Waals surface area contributed by atoms with Crippen molar-refractivity contribution in [2.24, 2.45) is 5.41 Å². The van der Waals surface area contributed by atoms with Crippen LogP contribution in [0.5, 0.6) is 0 Å². The van der Waals surface area contributed by atoms with Crippen molar-refractivity contribution in [1.82, 2.24) is 9.80 Å². The van der Waals surface area contributed by atoms with E-state index in [0.717, 1.165) is 11.5 Å². The fourth-order valence-electron chi connectivity index (χ4n) is 3.67. The van der Waals surface area contributed by atoms with Crippen LogP contribution in [0.1, 0.15) is 26.2 Å². The Labute approximate surface area is 92.9 Å². The van der Waals surface area contributed by atoms with E-state index in [-0.39, 0.29) is 0 Å². The van der Waals surface area contributed by atoms with Gasteiger partial charge in [0.1, 0.15) is 0 Å². The minimum atomic E-state index is 0.746. The standard InChI is InChI=1S/C13H22N2/c1-11-3-5-15(6-4-11)12-7-13(8-12)9-14(2)10-13/h3,12H,4-10H2,1-2H3. The van der Waals surface area contributed by atoms with Crippen LogP contribution in [0.15, 0.2) is 11.6 Å². The molecule has 0 amide bonds. The zero-order chi connectivity index (χ0) is 10.5. The first-order valence-electron chi connectivity index (χ1n) is 6.25. The van der Waals surface area contributed by atoms with Crippen molar-refractivity contribution in [3.05, 3.63) is 11.6 Å². The average molecular weight is 206 g/mol. The minimum Gasteiger partial charge on any atom is -0.305 e. The molecule has 0 unspecified atom stereocenters. The highest BCUT2D eigenvalue weighted by atomic mass is 15.2. The van der Waals surface area contributed by atoms with Crippen LogP contribution in [-0.4, -0.2) is 49.1 Å². The molecule has 3 aliphatic rings. The van der Waals surface area contributed by atoms with E-state index in [2.05, 4.69) is 29.8 Å². The maximum absolute atomic E-state index is 2.69. The number of hydrogen-bond donors (Lipinski definition) is 0. The Morgan fingerprint density at radius 3 is 2.60 bits per heavy atom. The predicted octanol–water partition coefficient (Wildman–Crippen LogP) is 1.73. The molecule has 0 aromatic rings. The van der Waals surface area contributed by atoms with Crippen LogP contribution in [0, 0.1) is 5.41 Å². The molecule has 0 radical (unpaired) electrons. The Hall–Kier alpha value is -0.340. The lowest BCUT2D eigenvalue weighted by molar-refractivity contribution is -0.0967. The van der Waals surface area contributed by atoms with Crippen molar-refractivity contribution < 1.29 is 0 Å². The third-order valence-electron chi connectivity index (χ3n) is 4.53. The van der Waals surface area contributed by atoms with E-state index in [1.54, 1.807) is 5.57 Å². The zero-order valence-corrected chi connectivity index (χ0v) is 10.00. The van der Waals surface area contributed by atoms with Crippen LogP contribution in [0.3, 0.4) is 0 Å². The molecule has 1 saturated carbocycles. The molecule has 2 aliphatic heterocycles. The lowest BCUT2D eigenvalue weighted by atomic mass is 9.60. The van der Waals surface area contributed by atoms with Crippen molar-refractivity contribution in [3.63, 3.8) is 0 Å². The molecule has 0 atom stereocenters. The summed E-state index contributed by atoms with van der Waals surface area (Å²) in [6, 6.07) is 0.906. The van der Waals surface area contributed by atoms with Gasteiger partial charge in [0.15, 0.2) is 0 Å². The number of nitrogens with zero attached hydrogens (tertiary/aromatic N) is 2. The second kappa shape index (κ2) is 3.33. The monoisotopic (exact) mass is 206 g/mol. The Bertz CT molecular complexity index is 281. The van der Waals surface area contributed by atoms with Gasteiger partial charge in [-0.05, 0) is 38.6 Å². The summed E-state index contributed by atoms with van der Waals surface area (Å²) >= 11 is 0. The molecule has 2 fully saturated rings. The Kier molecular flexibility index (Phi) is 2.18. The van der Waals surface area contributed by atoms with E-state index in [1.807, 2.05) is 0 Å². The SMILES string of the molecule is CC1=CCN(C2CC3(C2)CN(C)C3)CC1. The molecule has 2 heterocycles. The Balaban J connectivity index is 1.51. The lowest BCUT2D eigenvalue weighted by Gasteiger charge is -2.60. The van der Waals surface area contributed by atoms with Crippen molar-refractivity contribution in [2.45, 2.75) is 32.2 Å². The summed E-state index contributed by atoms with van der Waals surface area (Å²) in [7, 11) is 2.24. The second-order valence-electron chi connectivity index (χ2n) is 6.03. The van der Waals surface area contributed by atoms with Crippen LogP contribution >= 0.6 is 0 Å². The molecule has 0 bridgehead atoms. The van der Waals surface area contributed by atoms with Gasteiger partial charge < -0.3 is 4.90 Å². The predicted molar refractivity (Wildman–Crippen MR) is 62.9 cm³/mol. The van der Waals surface area contributed by atoms with Crippen molar-refractivity contribution >= 4 is 0 Å². The molecule has 84 valence electrons. The van der Waals surface area contributed by atoms with E-state index >= 15 is 0 Å². The molecule has 1 spiro atoms. The normalized spacial score (nSPS) is 32.3. The Morgan fingerprint density at radius 1 is 1.33 bits per heavy atom. The van der Waals surface area contributed by atoms with E-state index < -0.39 is 0 Å². The van der Waals surface area contributed by atoms with Crippen LogP contribution in [0.25, 0.3) is 0 Å². The molecule has 0 aromatic carbocycles. The van der Waals surface area contributed by atoms with Crippen molar-refractivity contribution in [1.29, 1.82) is 0 Å². The first-order chi connectivity index (χ1) is 7.17. The summed E-state index contributed by atoms with van der Waals surface area (Å²) in [6.07, 6.45) is 6.64. The fourth-order valence-corrected chi connectivity index (χ4v) is 3.67. The van der Waals surface area contributed by atoms with E-state index in [0.29, 0.717) is 0 Å². The minimum absolute atomic E-state index is 0.746. The van der Waals surface area contributed by atoms with Crippen LogP contribution < -0.4 is 0 Å². The second-order valence-corrected chi connectivity index (χ2v) is 6.03. The van der Waals surface area contributed by atoms with Gasteiger partial charge in [0.2, 0.25) is 0 Å². The molecule has 2 heteroatoms. The van der Waals surface area contributed by atoms with E-state index in [9.17, 15) is 0 Å². The van der Waals surface area contributed by atoms with Crippen LogP contribution in [0.4, 0.5) is 0 Å². The highest BCUT2D eigenvalue weighted by molar-refractivity contribution is 5.10. The largest absolute Gasteiger partial charge is 0.305 e. The third kappa shape index (κ3) is 1.64. The highest BCUT2D eigenvalue weighted by Crippen LogP contribution is 2.49. The lowest BCUT2D eigenvalue weighted by Crippen LogP contribution is -2.65. The smallest absolute Gasteiger partial charge is 0.0168 e. The molecular weight excluding hydrogens is 184 g/mol. The van der Waals surface area contributed by atoms with Crippen molar-refractivity contribution in [3.8, 4) is 0 Å². The van der Waals surface area contributed by atoms with Gasteiger partial charge in [0.25, 0.3) is 0 Å². The van der Waals surface area contributed by atoms with Crippen LogP contribution in [-0.2, 0) is 0 Å². The van der Waals surface area contributed by atoms with Crippen LogP contribution in [0.2, 0.25) is 0 Å². The molecule has 2 nitrogen and oxygen atoms in total. The maximum Gasteiger partial charge on any atom is 0.0168 e. The van der Waals surface area contributed by atoms with Gasteiger partial charge in [-0.2, -0.15) is 0 Å². The third-order valence-corrected chi connectivity index (χ3v) is 4.53. The summed E-state index contributed by atoms with van der Waals surface area (Å²) in [6.45, 7) is 7.49. The quantitative estimate of drug-likeness (QED) is 0.603. The van der Waals surface area contributed by atoms with Crippen molar-refractivity contribution in [2.75, 3.05) is 33.2 Å². The van der Waals surface area contributed by atoms with Gasteiger partial charge in [0, 0.05) is 32.2 Å². The molecule has 3 rings (SSSR count). The van der Waals surface area contributed by atoms with E-state index in [1.165, 1.54) is 45.4 Å². The van der Waals surface area contributed by atoms with Gasteiger partial charge in [-0.3, -0.25) is 4.90 Å². The molecule has 0 N–H and O–H groups in total. The molecule has 1 saturated heterocycles. The highest BCUT2D eigenvalue weighted by Gasteiger charge is 2.52. The zero-order valence-electron chi connectivity index (χ0n) is 10.00. The summed E-state index contributed by atoms with van der Waals surface area (Å²) in [4.78, 5) is 5.15. The number of rotatable bonds is 1.